The Morgan fingerprint density at radius 3 is 2.48 bits per heavy atom. The number of rotatable bonds is 7. The Balaban J connectivity index is 1.58. The molecule has 210 valence electrons. The van der Waals surface area contributed by atoms with Gasteiger partial charge in [-0.2, -0.15) is 10.5 Å². The van der Waals surface area contributed by atoms with E-state index in [0.29, 0.717) is 72.0 Å². The molecule has 5 rings (SSSR count). The van der Waals surface area contributed by atoms with E-state index in [9.17, 15) is 19.7 Å². The maximum atomic E-state index is 14.9. The number of pyridine rings is 1. The first-order chi connectivity index (χ1) is 20.4. The highest BCUT2D eigenvalue weighted by Crippen LogP contribution is 2.41. The van der Waals surface area contributed by atoms with Crippen molar-refractivity contribution in [3.05, 3.63) is 95.4 Å². The monoisotopic (exact) mass is 562 g/mol. The van der Waals surface area contributed by atoms with Crippen molar-refractivity contribution in [2.24, 2.45) is 0 Å². The maximum Gasteiger partial charge on any atom is 0.404 e. The van der Waals surface area contributed by atoms with Crippen LogP contribution in [0.5, 0.6) is 5.75 Å². The Hall–Kier alpha value is -5.61. The number of ether oxygens (including phenoxy) is 1. The first kappa shape index (κ1) is 27.9. The number of benzene rings is 3. The van der Waals surface area contributed by atoms with Crippen LogP contribution >= 0.6 is 0 Å². The second kappa shape index (κ2) is 12.3. The lowest BCUT2D eigenvalue weighted by atomic mass is 9.91. The molecule has 0 aliphatic carbocycles. The molecule has 1 aliphatic heterocycles. The van der Waals surface area contributed by atoms with Crippen LogP contribution in [-0.4, -0.2) is 35.3 Å². The Morgan fingerprint density at radius 2 is 1.81 bits per heavy atom. The minimum atomic E-state index is -1.07. The van der Waals surface area contributed by atoms with Gasteiger partial charge in [0.15, 0.2) is 0 Å². The van der Waals surface area contributed by atoms with Crippen molar-refractivity contribution in [2.75, 3.05) is 23.7 Å². The zero-order valence-corrected chi connectivity index (χ0v) is 22.5. The molecule has 0 radical (unpaired) electrons. The zero-order valence-electron chi connectivity index (χ0n) is 22.5. The Morgan fingerprint density at radius 1 is 1.07 bits per heavy atom. The molecule has 0 spiro atoms. The van der Waals surface area contributed by atoms with Gasteiger partial charge in [0.05, 0.1) is 11.3 Å². The van der Waals surface area contributed by atoms with Crippen LogP contribution in [0.15, 0.2) is 72.9 Å². The summed E-state index contributed by atoms with van der Waals surface area (Å²) in [6, 6.07) is 23.1. The van der Waals surface area contributed by atoms with Crippen LogP contribution in [0.3, 0.4) is 0 Å². The number of anilines is 2. The van der Waals surface area contributed by atoms with E-state index in [4.69, 9.17) is 15.6 Å². The number of nitrogen functional groups attached to an aromatic ring is 1. The number of hydrogen-bond donors (Lipinski definition) is 3. The van der Waals surface area contributed by atoms with Crippen LogP contribution in [0.25, 0.3) is 22.3 Å². The highest BCUT2D eigenvalue weighted by Gasteiger charge is 2.26. The summed E-state index contributed by atoms with van der Waals surface area (Å²) in [6.07, 6.45) is 1.65. The average molecular weight is 563 g/mol. The van der Waals surface area contributed by atoms with Gasteiger partial charge in [-0.1, -0.05) is 42.5 Å². The minimum absolute atomic E-state index is 0.106. The van der Waals surface area contributed by atoms with E-state index in [1.807, 2.05) is 41.3 Å². The van der Waals surface area contributed by atoms with Gasteiger partial charge in [-0.15, -0.1) is 0 Å². The number of nitrogens with zero attached hydrogens (tertiary/aromatic N) is 4. The van der Waals surface area contributed by atoms with Gasteiger partial charge in [0.2, 0.25) is 0 Å². The number of carboxylic acid groups (broad SMARTS) is 1. The van der Waals surface area contributed by atoms with Gasteiger partial charge in [-0.05, 0) is 53.8 Å². The fourth-order valence-corrected chi connectivity index (χ4v) is 5.10. The van der Waals surface area contributed by atoms with Gasteiger partial charge in [0.25, 0.3) is 0 Å². The van der Waals surface area contributed by atoms with E-state index in [-0.39, 0.29) is 17.2 Å². The molecule has 1 fully saturated rings. The van der Waals surface area contributed by atoms with Crippen LogP contribution in [0.1, 0.15) is 29.5 Å². The SMILES string of the molecule is N#Cc1ccc(-c2c(-c3ccc(N)c(OCc4ccccc4)c3)cnc(N3CCC(NC(=O)O)CC3)c2C#N)cc1F. The van der Waals surface area contributed by atoms with Gasteiger partial charge < -0.3 is 25.8 Å². The van der Waals surface area contributed by atoms with Crippen molar-refractivity contribution in [1.29, 1.82) is 10.5 Å². The van der Waals surface area contributed by atoms with Gasteiger partial charge in [0.1, 0.15) is 41.7 Å². The van der Waals surface area contributed by atoms with Crippen molar-refractivity contribution in [3.8, 4) is 40.1 Å². The lowest BCUT2D eigenvalue weighted by Crippen LogP contribution is -2.44. The van der Waals surface area contributed by atoms with Gasteiger partial charge in [-0.3, -0.25) is 0 Å². The second-order valence-electron chi connectivity index (χ2n) is 9.90. The van der Waals surface area contributed by atoms with Crippen molar-refractivity contribution < 1.29 is 19.0 Å². The molecule has 3 aromatic carbocycles. The Labute approximate surface area is 242 Å². The largest absolute Gasteiger partial charge is 0.487 e. The third-order valence-corrected chi connectivity index (χ3v) is 7.23. The van der Waals surface area contributed by atoms with Crippen LogP contribution in [-0.2, 0) is 6.61 Å². The predicted octanol–water partition coefficient (Wildman–Crippen LogP) is 5.70. The number of piperidine rings is 1. The van der Waals surface area contributed by atoms with E-state index in [1.54, 1.807) is 30.5 Å². The molecule has 1 aliphatic rings. The van der Waals surface area contributed by atoms with Crippen molar-refractivity contribution in [1.82, 2.24) is 10.3 Å². The lowest BCUT2D eigenvalue weighted by molar-refractivity contribution is 0.187. The fourth-order valence-electron chi connectivity index (χ4n) is 5.10. The number of carbonyl (C=O) groups is 1. The van der Waals surface area contributed by atoms with Gasteiger partial charge >= 0.3 is 6.09 Å². The van der Waals surface area contributed by atoms with Crippen molar-refractivity contribution >= 4 is 17.6 Å². The molecule has 1 amide bonds. The fraction of sp³-hybridized carbons (Fsp3) is 0.188. The predicted molar refractivity (Wildman–Crippen MR) is 156 cm³/mol. The summed E-state index contributed by atoms with van der Waals surface area (Å²) in [5.41, 5.74) is 9.85. The molecule has 0 unspecified atom stereocenters. The molecule has 9 nitrogen and oxygen atoms in total. The summed E-state index contributed by atoms with van der Waals surface area (Å²) in [4.78, 5) is 17.7. The highest BCUT2D eigenvalue weighted by molar-refractivity contribution is 5.91. The number of nitrogens with one attached hydrogen (secondary N) is 1. The van der Waals surface area contributed by atoms with Crippen LogP contribution in [0.2, 0.25) is 0 Å². The number of hydrogen-bond acceptors (Lipinski definition) is 7. The molecular weight excluding hydrogens is 535 g/mol. The Bertz CT molecular complexity index is 1710. The highest BCUT2D eigenvalue weighted by atomic mass is 19.1. The quantitative estimate of drug-likeness (QED) is 0.243. The van der Waals surface area contributed by atoms with E-state index < -0.39 is 11.9 Å². The molecule has 0 saturated carbocycles. The van der Waals surface area contributed by atoms with Crippen LogP contribution < -0.4 is 20.7 Å². The number of halogens is 1. The summed E-state index contributed by atoms with van der Waals surface area (Å²) in [5, 5.41) is 31.3. The third-order valence-electron chi connectivity index (χ3n) is 7.23. The molecular formula is C32H27FN6O3. The van der Waals surface area contributed by atoms with Crippen LogP contribution in [0, 0.1) is 28.5 Å². The summed E-state index contributed by atoms with van der Waals surface area (Å²) in [7, 11) is 0. The first-order valence-electron chi connectivity index (χ1n) is 13.3. The minimum Gasteiger partial charge on any atom is -0.487 e. The van der Waals surface area contributed by atoms with E-state index in [0.717, 1.165) is 5.56 Å². The number of nitrogens with two attached hydrogens (primary N) is 1. The van der Waals surface area contributed by atoms with Gasteiger partial charge in [-0.25, -0.2) is 14.2 Å². The second-order valence-corrected chi connectivity index (χ2v) is 9.90. The maximum absolute atomic E-state index is 14.9. The number of amides is 1. The van der Waals surface area contributed by atoms with E-state index in [2.05, 4.69) is 16.4 Å². The number of aromatic nitrogens is 1. The summed E-state index contributed by atoms with van der Waals surface area (Å²) in [5.74, 6) is 0.169. The topological polar surface area (TPSA) is 148 Å². The molecule has 2 heterocycles. The van der Waals surface area contributed by atoms with E-state index in [1.165, 1.54) is 12.1 Å². The lowest BCUT2D eigenvalue weighted by Gasteiger charge is -2.33. The van der Waals surface area contributed by atoms with Crippen molar-refractivity contribution in [3.63, 3.8) is 0 Å². The standard InChI is InChI=1S/C32H27FN6O3/c33-27-14-22(6-7-23(27)16-34)30-25(17-35)31(39-12-10-24(11-13-39)38-32(40)41)37-18-26(30)21-8-9-28(36)29(15-21)42-19-20-4-2-1-3-5-20/h1-9,14-15,18,24,38H,10-13,19,36H2,(H,40,41). The third kappa shape index (κ3) is 5.93. The molecule has 1 saturated heterocycles. The van der Waals surface area contributed by atoms with E-state index >= 15 is 0 Å². The molecule has 42 heavy (non-hydrogen) atoms. The molecule has 0 bridgehead atoms. The summed E-state index contributed by atoms with van der Waals surface area (Å²) < 4.78 is 20.9. The molecule has 1 aromatic heterocycles. The Kier molecular flexibility index (Phi) is 8.17. The average Bonchev–Trinajstić information content (AvgIpc) is 3.00. The zero-order chi connectivity index (χ0) is 29.6. The molecule has 4 aromatic rings. The molecule has 10 heteroatoms. The van der Waals surface area contributed by atoms with Crippen molar-refractivity contribution in [2.45, 2.75) is 25.5 Å². The van der Waals surface area contributed by atoms with Gasteiger partial charge in [0, 0.05) is 36.5 Å². The number of nitriles is 2. The smallest absolute Gasteiger partial charge is 0.404 e. The molecule has 0 atom stereocenters. The van der Waals surface area contributed by atoms with Crippen LogP contribution in [0.4, 0.5) is 20.7 Å². The summed E-state index contributed by atoms with van der Waals surface area (Å²) >= 11 is 0. The first-order valence-corrected chi connectivity index (χ1v) is 13.3. The molecule has 4 N–H and O–H groups in total. The normalized spacial score (nSPS) is 13.2. The summed E-state index contributed by atoms with van der Waals surface area (Å²) in [6.45, 7) is 1.26.